The molecule has 1 saturated heterocycles. The Morgan fingerprint density at radius 3 is 2.77 bits per heavy atom. The molecule has 5 rings (SSSR count). The Morgan fingerprint density at radius 2 is 1.97 bits per heavy atom. The molecule has 2 fully saturated rings. The number of benzene rings is 2. The second-order valence-corrected chi connectivity index (χ2v) is 11.0. The van der Waals surface area contributed by atoms with Crippen molar-refractivity contribution in [1.29, 1.82) is 0 Å². The van der Waals surface area contributed by atoms with Crippen LogP contribution < -0.4 is 15.7 Å². The van der Waals surface area contributed by atoms with Gasteiger partial charge >= 0.3 is 5.63 Å². The molecule has 2 aliphatic rings. The van der Waals surface area contributed by atoms with Crippen LogP contribution in [0, 0.1) is 12.8 Å². The molecule has 2 heterocycles. The van der Waals surface area contributed by atoms with Crippen LogP contribution in [0.2, 0.25) is 0 Å². The van der Waals surface area contributed by atoms with Crippen LogP contribution in [0.3, 0.4) is 0 Å². The molecule has 1 aliphatic heterocycles. The van der Waals surface area contributed by atoms with E-state index in [2.05, 4.69) is 5.32 Å². The number of fused-ring (bicyclic) bond motifs is 2. The van der Waals surface area contributed by atoms with Crippen LogP contribution in [0.15, 0.2) is 57.7 Å². The lowest BCUT2D eigenvalue weighted by molar-refractivity contribution is -0.146. The number of nitrogens with one attached hydrogen (secondary N) is 1. The fourth-order valence-corrected chi connectivity index (χ4v) is 6.01. The normalized spacial score (nSPS) is 21.7. The summed E-state index contributed by atoms with van der Waals surface area (Å²) in [6, 6.07) is 14.2. The van der Waals surface area contributed by atoms with Crippen molar-refractivity contribution < 1.29 is 23.8 Å². The highest BCUT2D eigenvalue weighted by Crippen LogP contribution is 2.39. The van der Waals surface area contributed by atoms with Gasteiger partial charge in [0.1, 0.15) is 17.4 Å². The van der Waals surface area contributed by atoms with E-state index in [1.165, 1.54) is 0 Å². The Hall–Kier alpha value is -3.65. The maximum Gasteiger partial charge on any atom is 0.340 e. The highest BCUT2D eigenvalue weighted by molar-refractivity contribution is 5.88. The minimum Gasteiger partial charge on any atom is -0.484 e. The number of piperidine rings is 1. The van der Waals surface area contributed by atoms with Gasteiger partial charge in [-0.05, 0) is 56.4 Å². The van der Waals surface area contributed by atoms with Gasteiger partial charge in [0.15, 0.2) is 6.61 Å². The van der Waals surface area contributed by atoms with Gasteiger partial charge in [-0.25, -0.2) is 4.79 Å². The second-order valence-electron chi connectivity index (χ2n) is 11.0. The molecule has 0 unspecified atom stereocenters. The zero-order valence-electron chi connectivity index (χ0n) is 22.6. The number of likely N-dealkylation sites (tertiary alicyclic amines) is 1. The molecule has 1 saturated carbocycles. The summed E-state index contributed by atoms with van der Waals surface area (Å²) in [5.41, 5.74) is 1.84. The molecule has 206 valence electrons. The smallest absolute Gasteiger partial charge is 0.340 e. The average molecular weight is 533 g/mol. The SMILES string of the molecule is Cc1c(Cc2ccccc2)c(=O)oc2cc(OCC(=O)N[C@@H](C)C(=O)N3CC[C@]4(O)CCCC[C@@H]4C3)ccc12. The third-order valence-corrected chi connectivity index (χ3v) is 8.34. The number of hydrogen-bond acceptors (Lipinski definition) is 6. The van der Waals surface area contributed by atoms with Gasteiger partial charge in [-0.3, -0.25) is 9.59 Å². The maximum atomic E-state index is 13.0. The minimum atomic E-state index is -0.698. The van der Waals surface area contributed by atoms with Gasteiger partial charge in [-0.1, -0.05) is 43.2 Å². The number of rotatable bonds is 7. The van der Waals surface area contributed by atoms with Crippen LogP contribution in [-0.2, 0) is 16.0 Å². The summed E-state index contributed by atoms with van der Waals surface area (Å²) in [7, 11) is 0. The van der Waals surface area contributed by atoms with Gasteiger partial charge < -0.3 is 24.5 Å². The zero-order valence-corrected chi connectivity index (χ0v) is 22.6. The molecule has 2 amide bonds. The van der Waals surface area contributed by atoms with Crippen molar-refractivity contribution in [2.24, 2.45) is 5.92 Å². The molecule has 1 aromatic heterocycles. The van der Waals surface area contributed by atoms with Crippen molar-refractivity contribution >= 4 is 22.8 Å². The lowest BCUT2D eigenvalue weighted by atomic mass is 9.71. The van der Waals surface area contributed by atoms with E-state index in [1.807, 2.05) is 43.3 Å². The van der Waals surface area contributed by atoms with E-state index in [9.17, 15) is 19.5 Å². The number of carbonyl (C=O) groups excluding carboxylic acids is 2. The average Bonchev–Trinajstić information content (AvgIpc) is 2.93. The Morgan fingerprint density at radius 1 is 1.18 bits per heavy atom. The first-order chi connectivity index (χ1) is 18.7. The van der Waals surface area contributed by atoms with Crippen LogP contribution in [-0.4, -0.2) is 53.2 Å². The topological polar surface area (TPSA) is 109 Å². The first-order valence-electron chi connectivity index (χ1n) is 13.8. The first kappa shape index (κ1) is 26.9. The van der Waals surface area contributed by atoms with Gasteiger partial charge in [-0.2, -0.15) is 0 Å². The molecule has 8 heteroatoms. The van der Waals surface area contributed by atoms with E-state index >= 15 is 0 Å². The molecule has 1 aliphatic carbocycles. The zero-order chi connectivity index (χ0) is 27.6. The molecule has 8 nitrogen and oxygen atoms in total. The lowest BCUT2D eigenvalue weighted by Gasteiger charge is -2.47. The number of ether oxygens (including phenoxy) is 1. The Kier molecular flexibility index (Phi) is 7.75. The number of amides is 2. The van der Waals surface area contributed by atoms with E-state index in [0.717, 1.165) is 42.2 Å². The number of hydrogen-bond donors (Lipinski definition) is 2. The summed E-state index contributed by atoms with van der Waals surface area (Å²) < 4.78 is 11.3. The minimum absolute atomic E-state index is 0.0983. The fraction of sp³-hybridized carbons (Fsp3) is 0.452. The van der Waals surface area contributed by atoms with E-state index in [-0.39, 0.29) is 18.4 Å². The summed E-state index contributed by atoms with van der Waals surface area (Å²) in [4.78, 5) is 40.0. The van der Waals surface area contributed by atoms with E-state index < -0.39 is 23.2 Å². The van der Waals surface area contributed by atoms with Gasteiger partial charge in [0.2, 0.25) is 5.91 Å². The summed E-state index contributed by atoms with van der Waals surface area (Å²) in [6.07, 6.45) is 4.90. The van der Waals surface area contributed by atoms with Gasteiger partial charge in [-0.15, -0.1) is 0 Å². The van der Waals surface area contributed by atoms with Crippen LogP contribution >= 0.6 is 0 Å². The predicted molar refractivity (Wildman–Crippen MR) is 148 cm³/mol. The molecular weight excluding hydrogens is 496 g/mol. The number of aliphatic hydroxyl groups is 1. The number of nitrogens with zero attached hydrogens (tertiary/aromatic N) is 1. The molecule has 0 spiro atoms. The van der Waals surface area contributed by atoms with Crippen molar-refractivity contribution in [1.82, 2.24) is 10.2 Å². The van der Waals surface area contributed by atoms with Crippen LogP contribution in [0.25, 0.3) is 11.0 Å². The third-order valence-electron chi connectivity index (χ3n) is 8.34. The summed E-state index contributed by atoms with van der Waals surface area (Å²) in [6.45, 7) is 4.32. The predicted octanol–water partition coefficient (Wildman–Crippen LogP) is 3.73. The Bertz CT molecular complexity index is 1420. The van der Waals surface area contributed by atoms with Crippen molar-refractivity contribution in [3.8, 4) is 5.75 Å². The third kappa shape index (κ3) is 5.86. The quantitative estimate of drug-likeness (QED) is 0.449. The largest absolute Gasteiger partial charge is 0.484 e. The van der Waals surface area contributed by atoms with Crippen LogP contribution in [0.1, 0.15) is 55.7 Å². The second kappa shape index (κ2) is 11.2. The van der Waals surface area contributed by atoms with Crippen molar-refractivity contribution in [3.05, 3.63) is 75.6 Å². The monoisotopic (exact) mass is 532 g/mol. The molecular formula is C31H36N2O6. The summed E-state index contributed by atoms with van der Waals surface area (Å²) >= 11 is 0. The summed E-state index contributed by atoms with van der Waals surface area (Å²) in [5, 5.41) is 14.4. The van der Waals surface area contributed by atoms with Crippen LogP contribution in [0.5, 0.6) is 5.75 Å². The first-order valence-corrected chi connectivity index (χ1v) is 13.8. The van der Waals surface area contributed by atoms with Crippen molar-refractivity contribution in [2.45, 2.75) is 64.0 Å². The van der Waals surface area contributed by atoms with Gasteiger partial charge in [0.05, 0.1) is 5.60 Å². The summed E-state index contributed by atoms with van der Waals surface area (Å²) in [5.74, 6) is -0.0768. The molecule has 2 N–H and O–H groups in total. The molecule has 0 radical (unpaired) electrons. The highest BCUT2D eigenvalue weighted by Gasteiger charge is 2.44. The number of carbonyl (C=O) groups is 2. The van der Waals surface area contributed by atoms with E-state index in [4.69, 9.17) is 9.15 Å². The van der Waals surface area contributed by atoms with E-state index in [0.29, 0.717) is 42.8 Å². The molecule has 3 atom stereocenters. The van der Waals surface area contributed by atoms with Gasteiger partial charge in [0, 0.05) is 42.4 Å². The number of aryl methyl sites for hydroxylation is 1. The van der Waals surface area contributed by atoms with Crippen LogP contribution in [0.4, 0.5) is 0 Å². The van der Waals surface area contributed by atoms with Gasteiger partial charge in [0.25, 0.3) is 5.91 Å². The molecule has 3 aromatic rings. The van der Waals surface area contributed by atoms with E-state index in [1.54, 1.807) is 24.0 Å². The Balaban J connectivity index is 1.18. The van der Waals surface area contributed by atoms with Crippen molar-refractivity contribution in [3.63, 3.8) is 0 Å². The molecule has 39 heavy (non-hydrogen) atoms. The standard InChI is InChI=1S/C31H36N2O6/c1-20-25-12-11-24(17-27(25)39-30(36)26(20)16-22-8-4-3-5-9-22)38-19-28(34)32-21(2)29(35)33-15-14-31(37)13-7-6-10-23(31)18-33/h3-5,8-9,11-12,17,21,23,37H,6-7,10,13-16,18-19H2,1-2H3,(H,32,34)/t21-,23+,31+/m0/s1. The highest BCUT2D eigenvalue weighted by atomic mass is 16.5. The fourth-order valence-electron chi connectivity index (χ4n) is 6.01. The van der Waals surface area contributed by atoms with Crippen molar-refractivity contribution in [2.75, 3.05) is 19.7 Å². The Labute approximate surface area is 228 Å². The maximum absolute atomic E-state index is 13.0. The lowest BCUT2D eigenvalue weighted by Crippen LogP contribution is -2.57. The molecule has 2 aromatic carbocycles. The molecule has 0 bridgehead atoms.